The van der Waals surface area contributed by atoms with E-state index in [2.05, 4.69) is 27.7 Å². The number of piperidine rings is 1. The predicted molar refractivity (Wildman–Crippen MR) is 148 cm³/mol. The highest BCUT2D eigenvalue weighted by molar-refractivity contribution is 6.05. The van der Waals surface area contributed by atoms with Gasteiger partial charge in [0.1, 0.15) is 5.82 Å². The highest BCUT2D eigenvalue weighted by Crippen LogP contribution is 2.41. The zero-order valence-corrected chi connectivity index (χ0v) is 21.3. The molecule has 0 spiro atoms. The largest absolute Gasteiger partial charge is 0.397 e. The number of para-hydroxylation sites is 2. The number of nitrogens with zero attached hydrogens (tertiary/aromatic N) is 1. The van der Waals surface area contributed by atoms with Gasteiger partial charge in [0.25, 0.3) is 5.91 Å². The summed E-state index contributed by atoms with van der Waals surface area (Å²) >= 11 is 0. The number of halogens is 1. The number of aryl methyl sites for hydroxylation is 1. The summed E-state index contributed by atoms with van der Waals surface area (Å²) in [4.78, 5) is 15.1. The Balaban J connectivity index is 0.968. The molecule has 5 nitrogen and oxygen atoms in total. The number of likely N-dealkylation sites (tertiary alicyclic amines) is 1. The van der Waals surface area contributed by atoms with Crippen molar-refractivity contribution in [2.24, 2.45) is 5.92 Å². The summed E-state index contributed by atoms with van der Waals surface area (Å²) < 4.78 is 13.1. The molecule has 6 heteroatoms. The van der Waals surface area contributed by atoms with Gasteiger partial charge in [-0.15, -0.1) is 0 Å². The first-order valence-corrected chi connectivity index (χ1v) is 13.5. The van der Waals surface area contributed by atoms with Gasteiger partial charge in [0, 0.05) is 17.5 Å². The summed E-state index contributed by atoms with van der Waals surface area (Å²) in [6.07, 6.45) is 5.79. The number of carbonyl (C=O) groups is 1. The molecule has 3 aromatic rings. The highest BCUT2D eigenvalue weighted by atomic mass is 19.1. The van der Waals surface area contributed by atoms with Crippen LogP contribution < -0.4 is 16.4 Å². The van der Waals surface area contributed by atoms with Crippen molar-refractivity contribution in [3.8, 4) is 0 Å². The van der Waals surface area contributed by atoms with Crippen molar-refractivity contribution in [2.75, 3.05) is 37.2 Å². The Kier molecular flexibility index (Phi) is 8.17. The van der Waals surface area contributed by atoms with Crippen LogP contribution in [0.3, 0.4) is 0 Å². The molecular formula is C31H37FN4O. The third-order valence-electron chi connectivity index (χ3n) is 7.83. The maximum absolute atomic E-state index is 13.1. The summed E-state index contributed by atoms with van der Waals surface area (Å²) in [6, 6.07) is 22.7. The highest BCUT2D eigenvalue weighted by Gasteiger charge is 2.38. The Morgan fingerprint density at radius 3 is 2.43 bits per heavy atom. The molecule has 2 fully saturated rings. The van der Waals surface area contributed by atoms with E-state index in [9.17, 15) is 9.18 Å². The molecule has 1 saturated carbocycles. The fourth-order valence-electron chi connectivity index (χ4n) is 5.37. The molecule has 0 radical (unpaired) electrons. The van der Waals surface area contributed by atoms with E-state index in [4.69, 9.17) is 5.73 Å². The van der Waals surface area contributed by atoms with E-state index < -0.39 is 0 Å². The van der Waals surface area contributed by atoms with Crippen LogP contribution in [0.15, 0.2) is 72.8 Å². The Labute approximate surface area is 219 Å². The van der Waals surface area contributed by atoms with E-state index in [0.29, 0.717) is 28.9 Å². The molecule has 37 heavy (non-hydrogen) atoms. The van der Waals surface area contributed by atoms with Crippen LogP contribution in [0.25, 0.3) is 0 Å². The monoisotopic (exact) mass is 500 g/mol. The second-order valence-electron chi connectivity index (χ2n) is 10.5. The van der Waals surface area contributed by atoms with Gasteiger partial charge in [-0.25, -0.2) is 4.39 Å². The number of nitrogens with two attached hydrogens (primary N) is 1. The number of carbonyl (C=O) groups excluding carboxylic acids is 1. The van der Waals surface area contributed by atoms with Crippen LogP contribution >= 0.6 is 0 Å². The fraction of sp³-hybridized carbons (Fsp3) is 0.387. The molecule has 2 atom stereocenters. The molecule has 1 amide bonds. The first-order chi connectivity index (χ1) is 18.0. The number of hydrogen-bond donors (Lipinski definition) is 3. The number of nitrogens with one attached hydrogen (secondary N) is 2. The molecule has 1 aliphatic carbocycles. The molecular weight excluding hydrogens is 463 g/mol. The molecule has 1 aliphatic heterocycles. The predicted octanol–water partition coefficient (Wildman–Crippen LogP) is 5.45. The number of benzene rings is 3. The molecule has 194 valence electrons. The number of hydrogen-bond acceptors (Lipinski definition) is 4. The van der Waals surface area contributed by atoms with Crippen molar-refractivity contribution < 1.29 is 9.18 Å². The van der Waals surface area contributed by atoms with Crippen molar-refractivity contribution in [1.29, 1.82) is 0 Å². The maximum atomic E-state index is 13.1. The van der Waals surface area contributed by atoms with Crippen LogP contribution in [-0.2, 0) is 6.42 Å². The lowest BCUT2D eigenvalue weighted by Crippen LogP contribution is -2.38. The van der Waals surface area contributed by atoms with E-state index in [0.717, 1.165) is 38.3 Å². The van der Waals surface area contributed by atoms with Gasteiger partial charge in [-0.05, 0) is 112 Å². The lowest BCUT2D eigenvalue weighted by Gasteiger charge is -2.32. The summed E-state index contributed by atoms with van der Waals surface area (Å²) in [7, 11) is 0. The maximum Gasteiger partial charge on any atom is 0.255 e. The number of anilines is 2. The lowest BCUT2D eigenvalue weighted by molar-refractivity contribution is 0.102. The molecule has 1 saturated heterocycles. The van der Waals surface area contributed by atoms with Crippen LogP contribution in [0.5, 0.6) is 0 Å². The van der Waals surface area contributed by atoms with E-state index in [-0.39, 0.29) is 11.7 Å². The summed E-state index contributed by atoms with van der Waals surface area (Å²) in [5, 5.41) is 6.63. The Morgan fingerprint density at radius 1 is 0.973 bits per heavy atom. The van der Waals surface area contributed by atoms with E-state index in [1.165, 1.54) is 37.1 Å². The quantitative estimate of drug-likeness (QED) is 0.324. The van der Waals surface area contributed by atoms with E-state index in [1.54, 1.807) is 24.3 Å². The minimum atomic E-state index is -0.159. The molecule has 0 bridgehead atoms. The Bertz CT molecular complexity index is 1170. The van der Waals surface area contributed by atoms with Crippen LogP contribution in [0.2, 0.25) is 0 Å². The Hall–Kier alpha value is -3.22. The minimum absolute atomic E-state index is 0.144. The molecule has 0 aromatic heterocycles. The van der Waals surface area contributed by atoms with Crippen LogP contribution in [0.1, 0.15) is 53.1 Å². The standard InChI is InChI=1S/C31H37FN4O/c32-26-13-11-24(12-14-26)27-20-30(27)34-21-23-15-18-36(19-16-23)17-3-4-22-7-9-25(10-8-22)31(37)35-29-6-2-1-5-28(29)33/h1-2,5-14,23,27,30,34H,3-4,15-21,33H2,(H,35,37)/t27-,30+/m1/s1. The molecule has 4 N–H and O–H groups in total. The van der Waals surface area contributed by atoms with Gasteiger partial charge in [-0.1, -0.05) is 36.4 Å². The van der Waals surface area contributed by atoms with Crippen molar-refractivity contribution in [3.63, 3.8) is 0 Å². The molecule has 1 heterocycles. The van der Waals surface area contributed by atoms with Crippen LogP contribution in [0, 0.1) is 11.7 Å². The summed E-state index contributed by atoms with van der Waals surface area (Å²) in [6.45, 7) is 4.54. The van der Waals surface area contributed by atoms with Gasteiger partial charge >= 0.3 is 0 Å². The average Bonchev–Trinajstić information content (AvgIpc) is 3.70. The van der Waals surface area contributed by atoms with E-state index in [1.807, 2.05) is 36.4 Å². The second kappa shape index (κ2) is 11.9. The van der Waals surface area contributed by atoms with Gasteiger partial charge in [-0.2, -0.15) is 0 Å². The van der Waals surface area contributed by atoms with Crippen molar-refractivity contribution >= 4 is 17.3 Å². The zero-order valence-electron chi connectivity index (χ0n) is 21.3. The first kappa shape index (κ1) is 25.4. The summed E-state index contributed by atoms with van der Waals surface area (Å²) in [5.41, 5.74) is 10.3. The van der Waals surface area contributed by atoms with Gasteiger partial charge in [0.15, 0.2) is 0 Å². The topological polar surface area (TPSA) is 70.4 Å². The van der Waals surface area contributed by atoms with Crippen molar-refractivity contribution in [1.82, 2.24) is 10.2 Å². The van der Waals surface area contributed by atoms with Gasteiger partial charge in [-0.3, -0.25) is 4.79 Å². The normalized spacial score (nSPS) is 20.0. The zero-order chi connectivity index (χ0) is 25.6. The van der Waals surface area contributed by atoms with Crippen LogP contribution in [-0.4, -0.2) is 43.0 Å². The van der Waals surface area contributed by atoms with Crippen molar-refractivity contribution in [2.45, 2.75) is 44.1 Å². The molecule has 0 unspecified atom stereocenters. The minimum Gasteiger partial charge on any atom is -0.397 e. The second-order valence-corrected chi connectivity index (χ2v) is 10.5. The molecule has 3 aromatic carbocycles. The smallest absolute Gasteiger partial charge is 0.255 e. The van der Waals surface area contributed by atoms with Gasteiger partial charge in [0.2, 0.25) is 0 Å². The lowest BCUT2D eigenvalue weighted by atomic mass is 9.96. The SMILES string of the molecule is Nc1ccccc1NC(=O)c1ccc(CCCN2CCC(CN[C@H]3C[C@@H]3c3ccc(F)cc3)CC2)cc1. The molecule has 2 aliphatic rings. The third kappa shape index (κ3) is 6.96. The van der Waals surface area contributed by atoms with Gasteiger partial charge < -0.3 is 21.3 Å². The fourth-order valence-corrected chi connectivity index (χ4v) is 5.37. The average molecular weight is 501 g/mol. The summed E-state index contributed by atoms with van der Waals surface area (Å²) in [5.74, 6) is 0.991. The van der Waals surface area contributed by atoms with E-state index >= 15 is 0 Å². The first-order valence-electron chi connectivity index (χ1n) is 13.5. The Morgan fingerprint density at radius 2 is 1.70 bits per heavy atom. The number of amides is 1. The number of nitrogen functional groups attached to an aromatic ring is 1. The van der Waals surface area contributed by atoms with Gasteiger partial charge in [0.05, 0.1) is 11.4 Å². The van der Waals surface area contributed by atoms with Crippen molar-refractivity contribution in [3.05, 3.63) is 95.3 Å². The van der Waals surface area contributed by atoms with Crippen LogP contribution in [0.4, 0.5) is 15.8 Å². The number of rotatable bonds is 10. The molecule has 5 rings (SSSR count). The third-order valence-corrected chi connectivity index (χ3v) is 7.83.